The Morgan fingerprint density at radius 3 is 2.83 bits per heavy atom. The number of halogens is 1. The van der Waals surface area contributed by atoms with Crippen molar-refractivity contribution in [2.45, 2.75) is 6.92 Å². The molecular formula is C16H17FN6O. The van der Waals surface area contributed by atoms with Crippen LogP contribution in [0.15, 0.2) is 23.1 Å². The largest absolute Gasteiger partial charge is 0.369 e. The molecule has 124 valence electrons. The molecule has 1 aliphatic heterocycles. The summed E-state index contributed by atoms with van der Waals surface area (Å²) in [5.74, 6) is -0.0611. The lowest BCUT2D eigenvalue weighted by molar-refractivity contribution is 0.411. The summed E-state index contributed by atoms with van der Waals surface area (Å²) in [5.41, 5.74) is 0.733. The Hall–Kier alpha value is -2.95. The highest BCUT2D eigenvalue weighted by Crippen LogP contribution is 2.25. The molecule has 0 radical (unpaired) electrons. The van der Waals surface area contributed by atoms with Crippen LogP contribution in [-0.4, -0.2) is 41.6 Å². The van der Waals surface area contributed by atoms with Crippen LogP contribution in [-0.2, 0) is 0 Å². The van der Waals surface area contributed by atoms with Gasteiger partial charge < -0.3 is 9.80 Å². The lowest BCUT2D eigenvalue weighted by Gasteiger charge is -2.42. The Balaban J connectivity index is 1.59. The van der Waals surface area contributed by atoms with Crippen LogP contribution in [0.3, 0.4) is 0 Å². The molecule has 0 amide bonds. The van der Waals surface area contributed by atoms with E-state index in [1.165, 1.54) is 6.92 Å². The van der Waals surface area contributed by atoms with Gasteiger partial charge in [-0.25, -0.2) is 9.97 Å². The van der Waals surface area contributed by atoms with Crippen LogP contribution in [0.4, 0.5) is 16.0 Å². The summed E-state index contributed by atoms with van der Waals surface area (Å²) < 4.78 is 13.3. The van der Waals surface area contributed by atoms with E-state index in [9.17, 15) is 9.18 Å². The van der Waals surface area contributed by atoms with E-state index in [2.05, 4.69) is 19.9 Å². The molecule has 0 atom stereocenters. The Labute approximate surface area is 138 Å². The standard InChI is InChI=1S/C16H17FN6O/c1-10-14(17)15(24)21-16(20-10)22(2)7-11-8-23(9-11)13-4-3-12(5-18)19-6-13/h3-4,6,11H,7-9H2,1-2H3,(H,20,21,24). The van der Waals surface area contributed by atoms with E-state index in [1.54, 1.807) is 12.3 Å². The fourth-order valence-electron chi connectivity index (χ4n) is 2.75. The number of hydrogen-bond acceptors (Lipinski definition) is 6. The van der Waals surface area contributed by atoms with E-state index in [-0.39, 0.29) is 5.69 Å². The molecule has 0 spiro atoms. The highest BCUT2D eigenvalue weighted by atomic mass is 19.1. The number of rotatable bonds is 4. The maximum absolute atomic E-state index is 13.3. The third-order valence-electron chi connectivity index (χ3n) is 4.09. The summed E-state index contributed by atoms with van der Waals surface area (Å²) in [5, 5.41) is 8.76. The van der Waals surface area contributed by atoms with Gasteiger partial charge in [-0.05, 0) is 19.1 Å². The number of hydrogen-bond donors (Lipinski definition) is 1. The smallest absolute Gasteiger partial charge is 0.288 e. The number of nitrogens with one attached hydrogen (secondary N) is 1. The molecule has 1 fully saturated rings. The molecule has 7 nitrogen and oxygen atoms in total. The van der Waals surface area contributed by atoms with Crippen molar-refractivity contribution in [3.63, 3.8) is 0 Å². The Morgan fingerprint density at radius 1 is 1.50 bits per heavy atom. The molecule has 0 aromatic carbocycles. The van der Waals surface area contributed by atoms with E-state index < -0.39 is 11.4 Å². The van der Waals surface area contributed by atoms with Gasteiger partial charge in [0, 0.05) is 32.6 Å². The van der Waals surface area contributed by atoms with Gasteiger partial charge in [-0.2, -0.15) is 9.65 Å². The topological polar surface area (TPSA) is 88.9 Å². The SMILES string of the molecule is Cc1nc(N(C)CC2CN(c3ccc(C#N)nc3)C2)[nH]c(=O)c1F. The highest BCUT2D eigenvalue weighted by molar-refractivity contribution is 5.48. The van der Waals surface area contributed by atoms with Gasteiger partial charge in [-0.15, -0.1) is 0 Å². The summed E-state index contributed by atoms with van der Waals surface area (Å²) in [7, 11) is 1.82. The van der Waals surface area contributed by atoms with Crippen molar-refractivity contribution in [3.8, 4) is 6.07 Å². The summed E-state index contributed by atoms with van der Waals surface area (Å²) >= 11 is 0. The Morgan fingerprint density at radius 2 is 2.25 bits per heavy atom. The molecule has 0 saturated carbocycles. The van der Waals surface area contributed by atoms with Gasteiger partial charge >= 0.3 is 0 Å². The molecule has 24 heavy (non-hydrogen) atoms. The Kier molecular flexibility index (Phi) is 4.16. The molecule has 1 aliphatic rings. The molecule has 1 saturated heterocycles. The second-order valence-corrected chi connectivity index (χ2v) is 5.95. The molecule has 2 aromatic rings. The molecular weight excluding hydrogens is 311 g/mol. The van der Waals surface area contributed by atoms with Gasteiger partial charge in [0.1, 0.15) is 11.8 Å². The number of aryl methyl sites for hydroxylation is 1. The van der Waals surface area contributed by atoms with Crippen LogP contribution < -0.4 is 15.4 Å². The first kappa shape index (κ1) is 15.9. The molecule has 3 heterocycles. The van der Waals surface area contributed by atoms with Crippen LogP contribution in [0.5, 0.6) is 0 Å². The van der Waals surface area contributed by atoms with Gasteiger partial charge in [-0.1, -0.05) is 0 Å². The highest BCUT2D eigenvalue weighted by Gasteiger charge is 2.28. The number of aromatic amines is 1. The normalized spacial score (nSPS) is 14.2. The van der Waals surface area contributed by atoms with Crippen molar-refractivity contribution in [2.75, 3.05) is 36.5 Å². The lowest BCUT2D eigenvalue weighted by atomic mass is 9.99. The number of nitriles is 1. The monoisotopic (exact) mass is 328 g/mol. The average Bonchev–Trinajstić information content (AvgIpc) is 2.55. The zero-order valence-corrected chi connectivity index (χ0v) is 13.5. The second-order valence-electron chi connectivity index (χ2n) is 5.95. The molecule has 0 aliphatic carbocycles. The molecule has 8 heteroatoms. The predicted molar refractivity (Wildman–Crippen MR) is 87.5 cm³/mol. The van der Waals surface area contributed by atoms with E-state index in [0.717, 1.165) is 18.8 Å². The number of H-pyrrole nitrogens is 1. The molecule has 3 rings (SSSR count). The number of aromatic nitrogens is 3. The summed E-state index contributed by atoms with van der Waals surface area (Å²) in [6, 6.07) is 5.58. The van der Waals surface area contributed by atoms with Gasteiger partial charge in [0.2, 0.25) is 11.8 Å². The van der Waals surface area contributed by atoms with Crippen LogP contribution in [0.2, 0.25) is 0 Å². The van der Waals surface area contributed by atoms with Crippen molar-refractivity contribution in [1.29, 1.82) is 5.26 Å². The summed E-state index contributed by atoms with van der Waals surface area (Å²) in [6.07, 6.45) is 1.70. The average molecular weight is 328 g/mol. The van der Waals surface area contributed by atoms with Gasteiger partial charge in [0.15, 0.2) is 0 Å². The van der Waals surface area contributed by atoms with Gasteiger partial charge in [0.25, 0.3) is 5.56 Å². The first-order chi connectivity index (χ1) is 11.5. The van der Waals surface area contributed by atoms with E-state index >= 15 is 0 Å². The quantitative estimate of drug-likeness (QED) is 0.903. The van der Waals surface area contributed by atoms with Crippen molar-refractivity contribution in [1.82, 2.24) is 15.0 Å². The second kappa shape index (κ2) is 6.28. The lowest BCUT2D eigenvalue weighted by Crippen LogP contribution is -2.51. The van der Waals surface area contributed by atoms with Gasteiger partial charge in [-0.3, -0.25) is 9.78 Å². The van der Waals surface area contributed by atoms with Crippen LogP contribution in [0.25, 0.3) is 0 Å². The third-order valence-corrected chi connectivity index (χ3v) is 4.09. The molecule has 1 N–H and O–H groups in total. The van der Waals surface area contributed by atoms with Gasteiger partial charge in [0.05, 0.1) is 17.6 Å². The molecule has 0 unspecified atom stereocenters. The van der Waals surface area contributed by atoms with Crippen LogP contribution >= 0.6 is 0 Å². The van der Waals surface area contributed by atoms with Crippen molar-refractivity contribution in [3.05, 3.63) is 45.9 Å². The Bertz CT molecular complexity index is 835. The first-order valence-electron chi connectivity index (χ1n) is 7.56. The maximum atomic E-state index is 13.3. The summed E-state index contributed by atoms with van der Waals surface area (Å²) in [4.78, 5) is 26.1. The van der Waals surface area contributed by atoms with Crippen LogP contribution in [0, 0.1) is 30.0 Å². The van der Waals surface area contributed by atoms with E-state index in [4.69, 9.17) is 5.26 Å². The zero-order valence-electron chi connectivity index (χ0n) is 13.5. The zero-order chi connectivity index (χ0) is 17.3. The molecule has 0 bridgehead atoms. The minimum absolute atomic E-state index is 0.0968. The van der Waals surface area contributed by atoms with E-state index in [0.29, 0.717) is 24.1 Å². The van der Waals surface area contributed by atoms with Crippen molar-refractivity contribution in [2.24, 2.45) is 5.92 Å². The summed E-state index contributed by atoms with van der Waals surface area (Å²) in [6.45, 7) is 3.88. The number of nitrogens with zero attached hydrogens (tertiary/aromatic N) is 5. The third kappa shape index (κ3) is 3.06. The van der Waals surface area contributed by atoms with E-state index in [1.807, 2.05) is 24.1 Å². The number of pyridine rings is 1. The first-order valence-corrected chi connectivity index (χ1v) is 7.56. The molecule has 2 aromatic heterocycles. The minimum atomic E-state index is -0.838. The van der Waals surface area contributed by atoms with Crippen molar-refractivity contribution < 1.29 is 4.39 Å². The fraction of sp³-hybridized carbons (Fsp3) is 0.375. The van der Waals surface area contributed by atoms with Crippen LogP contribution in [0.1, 0.15) is 11.4 Å². The fourth-order valence-corrected chi connectivity index (χ4v) is 2.75. The maximum Gasteiger partial charge on any atom is 0.288 e. The minimum Gasteiger partial charge on any atom is -0.369 e. The number of anilines is 2. The van der Waals surface area contributed by atoms with Crippen molar-refractivity contribution >= 4 is 11.6 Å². The predicted octanol–water partition coefficient (Wildman–Crippen LogP) is 1.06.